The van der Waals surface area contributed by atoms with Crippen LogP contribution in [0.25, 0.3) is 0 Å². The van der Waals surface area contributed by atoms with Gasteiger partial charge in [-0.05, 0) is 45.5 Å². The predicted octanol–water partition coefficient (Wildman–Crippen LogP) is 8.62. The summed E-state index contributed by atoms with van der Waals surface area (Å²) in [6.07, 6.45) is 0. The first kappa shape index (κ1) is 34.7. The fourth-order valence-corrected chi connectivity index (χ4v) is 7.21. The van der Waals surface area contributed by atoms with Crippen molar-refractivity contribution in [3.63, 3.8) is 0 Å². The van der Waals surface area contributed by atoms with Crippen LogP contribution in [0.3, 0.4) is 0 Å². The quantitative estimate of drug-likeness (QED) is 0.0925. The molecule has 0 radical (unpaired) electrons. The molecule has 5 nitrogen and oxygen atoms in total. The summed E-state index contributed by atoms with van der Waals surface area (Å²) in [6, 6.07) is 64.6. The number of rotatable bonds is 14. The maximum atomic E-state index is 12.8. The number of nitrogens with one attached hydrogen (secondary N) is 2. The lowest BCUT2D eigenvalue weighted by molar-refractivity contribution is 0.0352. The molecule has 0 aliphatic heterocycles. The van der Waals surface area contributed by atoms with Crippen LogP contribution in [0, 0.1) is 0 Å². The summed E-state index contributed by atoms with van der Waals surface area (Å²) in [5.74, 6) is 0. The molecule has 4 N–H and O–H groups in total. The Hall–Kier alpha value is -5.69. The van der Waals surface area contributed by atoms with Crippen molar-refractivity contribution in [2.24, 2.45) is 0 Å². The third-order valence-corrected chi connectivity index (χ3v) is 9.80. The van der Waals surface area contributed by atoms with Crippen molar-refractivity contribution in [2.75, 3.05) is 0 Å². The zero-order chi connectivity index (χ0) is 35.6. The highest BCUT2D eigenvalue weighted by Crippen LogP contribution is 2.42. The molecule has 5 heteroatoms. The van der Waals surface area contributed by atoms with Gasteiger partial charge in [0.05, 0.1) is 23.5 Å². The van der Waals surface area contributed by atoms with Crippen molar-refractivity contribution < 1.29 is 10.2 Å². The molecule has 7 aromatic rings. The Morgan fingerprint density at radius 3 is 0.923 bits per heavy atom. The van der Waals surface area contributed by atoms with E-state index in [9.17, 15) is 10.2 Å². The fourth-order valence-electron chi connectivity index (χ4n) is 7.21. The van der Waals surface area contributed by atoms with Crippen molar-refractivity contribution in [1.29, 1.82) is 0 Å². The normalized spacial score (nSPS) is 13.0. The van der Waals surface area contributed by atoms with E-state index in [1.54, 1.807) is 0 Å². The molecule has 0 amide bonds. The number of aromatic nitrogens is 1. The van der Waals surface area contributed by atoms with Crippen molar-refractivity contribution in [1.82, 2.24) is 15.6 Å². The Morgan fingerprint density at radius 1 is 0.365 bits per heavy atom. The van der Waals surface area contributed by atoms with Crippen LogP contribution in [0.4, 0.5) is 0 Å². The second kappa shape index (κ2) is 16.1. The SMILES string of the molecule is OC(c1ccccc1)(c1ccccc1)[C@@H](NCc1cccc(CN[C@@H](c2ccccc2)C(O)(c2ccccc2)c2ccccc2)n1)c1ccccc1. The summed E-state index contributed by atoms with van der Waals surface area (Å²) in [5.41, 5.74) is 4.03. The van der Waals surface area contributed by atoms with E-state index < -0.39 is 23.3 Å². The van der Waals surface area contributed by atoms with Gasteiger partial charge in [-0.15, -0.1) is 0 Å². The number of hydrogen-bond donors (Lipinski definition) is 4. The average Bonchev–Trinajstić information content (AvgIpc) is 3.23. The summed E-state index contributed by atoms with van der Waals surface area (Å²) in [6.45, 7) is 0.824. The molecule has 0 fully saturated rings. The van der Waals surface area contributed by atoms with E-state index in [1.165, 1.54) is 0 Å². The monoisotopic (exact) mass is 681 g/mol. The first-order valence-corrected chi connectivity index (χ1v) is 17.7. The van der Waals surface area contributed by atoms with E-state index in [0.717, 1.165) is 44.8 Å². The fraction of sp³-hybridized carbons (Fsp3) is 0.128. The van der Waals surface area contributed by atoms with Gasteiger partial charge in [-0.25, -0.2) is 0 Å². The molecule has 7 rings (SSSR count). The maximum Gasteiger partial charge on any atom is 0.134 e. The number of nitrogens with zero attached hydrogens (tertiary/aromatic N) is 1. The van der Waals surface area contributed by atoms with Crippen molar-refractivity contribution >= 4 is 0 Å². The molecule has 2 atom stereocenters. The van der Waals surface area contributed by atoms with Gasteiger partial charge in [-0.1, -0.05) is 188 Å². The third-order valence-electron chi connectivity index (χ3n) is 9.80. The number of aliphatic hydroxyl groups is 2. The van der Waals surface area contributed by atoms with E-state index in [1.807, 2.05) is 200 Å². The summed E-state index contributed by atoms with van der Waals surface area (Å²) >= 11 is 0. The minimum atomic E-state index is -1.37. The maximum absolute atomic E-state index is 12.8. The molecular formula is C47H43N3O2. The lowest BCUT2D eigenvalue weighted by Gasteiger charge is -2.38. The largest absolute Gasteiger partial charge is 0.378 e. The van der Waals surface area contributed by atoms with Gasteiger partial charge in [-0.3, -0.25) is 4.98 Å². The third kappa shape index (κ3) is 7.35. The summed E-state index contributed by atoms with van der Waals surface area (Å²) in [5, 5.41) is 33.0. The molecular weight excluding hydrogens is 639 g/mol. The summed E-state index contributed by atoms with van der Waals surface area (Å²) in [7, 11) is 0. The van der Waals surface area contributed by atoms with Gasteiger partial charge < -0.3 is 20.8 Å². The molecule has 0 saturated heterocycles. The van der Waals surface area contributed by atoms with Gasteiger partial charge in [0, 0.05) is 13.1 Å². The molecule has 52 heavy (non-hydrogen) atoms. The predicted molar refractivity (Wildman–Crippen MR) is 208 cm³/mol. The van der Waals surface area contributed by atoms with Gasteiger partial charge in [-0.2, -0.15) is 0 Å². The Morgan fingerprint density at radius 2 is 0.635 bits per heavy atom. The van der Waals surface area contributed by atoms with E-state index in [2.05, 4.69) is 10.6 Å². The van der Waals surface area contributed by atoms with Gasteiger partial charge in [0.25, 0.3) is 0 Å². The second-order valence-electron chi connectivity index (χ2n) is 13.1. The lowest BCUT2D eigenvalue weighted by atomic mass is 9.77. The standard InChI is InChI=1S/C47H43N3O2/c51-46(38-24-11-3-12-25-38,39-26-13-4-14-27-39)44(36-20-7-1-8-21-36)48-34-42-32-19-33-43(50-42)35-49-45(37-22-9-2-10-23-37)47(52,40-28-15-5-16-29-40)41-30-17-6-18-31-41/h1-33,44-45,48-49,51-52H,34-35H2/t44-,45-/m0/s1. The number of hydrogen-bond acceptors (Lipinski definition) is 5. The molecule has 0 unspecified atom stereocenters. The summed E-state index contributed by atoms with van der Waals surface area (Å²) < 4.78 is 0. The molecule has 0 saturated carbocycles. The topological polar surface area (TPSA) is 77.4 Å². The minimum absolute atomic E-state index is 0.412. The highest BCUT2D eigenvalue weighted by atomic mass is 16.3. The highest BCUT2D eigenvalue weighted by molar-refractivity contribution is 5.43. The zero-order valence-electron chi connectivity index (χ0n) is 29.0. The summed E-state index contributed by atoms with van der Waals surface area (Å²) in [4.78, 5) is 5.07. The number of benzene rings is 6. The van der Waals surface area contributed by atoms with Crippen LogP contribution < -0.4 is 10.6 Å². The molecule has 258 valence electrons. The van der Waals surface area contributed by atoms with E-state index in [4.69, 9.17) is 4.98 Å². The smallest absolute Gasteiger partial charge is 0.134 e. The van der Waals surface area contributed by atoms with Crippen molar-refractivity contribution in [3.8, 4) is 0 Å². The zero-order valence-corrected chi connectivity index (χ0v) is 29.0. The molecule has 0 aliphatic rings. The Balaban J connectivity index is 1.19. The van der Waals surface area contributed by atoms with Crippen molar-refractivity contribution in [2.45, 2.75) is 36.4 Å². The highest BCUT2D eigenvalue weighted by Gasteiger charge is 2.42. The van der Waals surface area contributed by atoms with Gasteiger partial charge in [0.2, 0.25) is 0 Å². The number of pyridine rings is 1. The van der Waals surface area contributed by atoms with Crippen LogP contribution >= 0.6 is 0 Å². The van der Waals surface area contributed by atoms with Gasteiger partial charge >= 0.3 is 0 Å². The molecule has 0 bridgehead atoms. The molecule has 1 heterocycles. The Kier molecular flexibility index (Phi) is 10.8. The molecule has 1 aromatic heterocycles. The van der Waals surface area contributed by atoms with Crippen LogP contribution in [0.2, 0.25) is 0 Å². The van der Waals surface area contributed by atoms with E-state index in [-0.39, 0.29) is 0 Å². The first-order valence-electron chi connectivity index (χ1n) is 17.7. The second-order valence-corrected chi connectivity index (χ2v) is 13.1. The molecule has 0 aliphatic carbocycles. The van der Waals surface area contributed by atoms with Crippen LogP contribution in [0.5, 0.6) is 0 Å². The molecule has 0 spiro atoms. The van der Waals surface area contributed by atoms with Crippen molar-refractivity contribution in [3.05, 3.63) is 245 Å². The van der Waals surface area contributed by atoms with Gasteiger partial charge in [0.1, 0.15) is 11.2 Å². The first-order chi connectivity index (χ1) is 25.6. The van der Waals surface area contributed by atoms with Gasteiger partial charge in [0.15, 0.2) is 0 Å². The van der Waals surface area contributed by atoms with Crippen LogP contribution in [-0.2, 0) is 24.3 Å². The van der Waals surface area contributed by atoms with E-state index in [0.29, 0.717) is 13.1 Å². The lowest BCUT2D eigenvalue weighted by Crippen LogP contribution is -2.43. The average molecular weight is 682 g/mol. The van der Waals surface area contributed by atoms with Crippen LogP contribution in [0.15, 0.2) is 200 Å². The van der Waals surface area contributed by atoms with Crippen LogP contribution in [-0.4, -0.2) is 15.2 Å². The Bertz CT molecular complexity index is 1880. The minimum Gasteiger partial charge on any atom is -0.378 e. The van der Waals surface area contributed by atoms with E-state index >= 15 is 0 Å². The Labute approximate surface area is 306 Å². The molecule has 6 aromatic carbocycles. The van der Waals surface area contributed by atoms with Crippen LogP contribution in [0.1, 0.15) is 56.9 Å².